The molecule has 4 N–H and O–H groups in total. The van der Waals surface area contributed by atoms with Crippen LogP contribution in [0.1, 0.15) is 10.4 Å². The number of rotatable bonds is 2. The molecule has 0 saturated carbocycles. The summed E-state index contributed by atoms with van der Waals surface area (Å²) < 4.78 is 1.72. The normalized spacial score (nSPS) is 10.1. The molecule has 0 atom stereocenters. The van der Waals surface area contributed by atoms with Gasteiger partial charge >= 0.3 is 0 Å². The van der Waals surface area contributed by atoms with Crippen LogP contribution in [0.5, 0.6) is 0 Å². The lowest BCUT2D eigenvalue weighted by Crippen LogP contribution is -2.13. The molecule has 0 spiro atoms. The van der Waals surface area contributed by atoms with Gasteiger partial charge in [-0.25, -0.2) is 0 Å². The minimum Gasteiger partial charge on any atom is -0.384 e. The second kappa shape index (κ2) is 3.49. The predicted molar refractivity (Wildman–Crippen MR) is 58.7 cm³/mol. The van der Waals surface area contributed by atoms with Crippen molar-refractivity contribution in [1.82, 2.24) is 4.57 Å². The van der Waals surface area contributed by atoms with Crippen LogP contribution in [-0.2, 0) is 0 Å². The van der Waals surface area contributed by atoms with Gasteiger partial charge in [-0.3, -0.25) is 4.79 Å². The number of carbonyl (C=O) groups excluding carboxylic acids is 1. The van der Waals surface area contributed by atoms with Crippen molar-refractivity contribution < 1.29 is 4.79 Å². The zero-order valence-corrected chi connectivity index (χ0v) is 8.05. The van der Waals surface area contributed by atoms with Crippen molar-refractivity contribution >= 4 is 11.7 Å². The summed E-state index contributed by atoms with van der Waals surface area (Å²) in [7, 11) is 0. The number of hydrogen-bond acceptors (Lipinski definition) is 2. The van der Waals surface area contributed by atoms with Crippen molar-refractivity contribution in [2.75, 3.05) is 5.73 Å². The molecule has 1 amide bonds. The standard InChI is InChI=1S/C11H11N3O/c12-10-9(11(13)15)6-7-14(10)8-4-2-1-3-5-8/h1-7H,12H2,(H2,13,15). The van der Waals surface area contributed by atoms with Crippen LogP contribution >= 0.6 is 0 Å². The van der Waals surface area contributed by atoms with E-state index in [0.29, 0.717) is 11.4 Å². The fourth-order valence-corrected chi connectivity index (χ4v) is 1.47. The van der Waals surface area contributed by atoms with Gasteiger partial charge in [0, 0.05) is 11.9 Å². The van der Waals surface area contributed by atoms with Gasteiger partial charge in [-0.2, -0.15) is 0 Å². The Bertz CT molecular complexity index is 488. The highest BCUT2D eigenvalue weighted by Gasteiger charge is 2.10. The van der Waals surface area contributed by atoms with Crippen molar-refractivity contribution in [3.05, 3.63) is 48.2 Å². The number of hydrogen-bond donors (Lipinski definition) is 2. The van der Waals surface area contributed by atoms with E-state index in [1.165, 1.54) is 0 Å². The Labute approximate surface area is 87.1 Å². The summed E-state index contributed by atoms with van der Waals surface area (Å²) in [5, 5.41) is 0. The quantitative estimate of drug-likeness (QED) is 0.765. The van der Waals surface area contributed by atoms with Gasteiger partial charge in [0.15, 0.2) is 0 Å². The monoisotopic (exact) mass is 201 g/mol. The maximum Gasteiger partial charge on any atom is 0.252 e. The summed E-state index contributed by atoms with van der Waals surface area (Å²) in [4.78, 5) is 11.0. The molecule has 2 rings (SSSR count). The first-order chi connectivity index (χ1) is 7.20. The third-order valence-electron chi connectivity index (χ3n) is 2.23. The van der Waals surface area contributed by atoms with Gasteiger partial charge in [0.1, 0.15) is 5.82 Å². The van der Waals surface area contributed by atoms with E-state index in [4.69, 9.17) is 11.5 Å². The lowest BCUT2D eigenvalue weighted by atomic mass is 10.3. The molecule has 1 heterocycles. The summed E-state index contributed by atoms with van der Waals surface area (Å²) in [6, 6.07) is 11.1. The van der Waals surface area contributed by atoms with Gasteiger partial charge < -0.3 is 16.0 Å². The largest absolute Gasteiger partial charge is 0.384 e. The van der Waals surface area contributed by atoms with Crippen LogP contribution in [-0.4, -0.2) is 10.5 Å². The Morgan fingerprint density at radius 1 is 1.13 bits per heavy atom. The lowest BCUT2D eigenvalue weighted by Gasteiger charge is -2.05. The zero-order valence-electron chi connectivity index (χ0n) is 8.05. The number of nitrogens with zero attached hydrogens (tertiary/aromatic N) is 1. The number of anilines is 1. The van der Waals surface area contributed by atoms with E-state index in [1.54, 1.807) is 16.8 Å². The van der Waals surface area contributed by atoms with Crippen LogP contribution in [0.3, 0.4) is 0 Å². The first-order valence-electron chi connectivity index (χ1n) is 4.52. The Morgan fingerprint density at radius 3 is 2.33 bits per heavy atom. The van der Waals surface area contributed by atoms with Crippen LogP contribution in [0.2, 0.25) is 0 Å². The minimum absolute atomic E-state index is 0.346. The SMILES string of the molecule is NC(=O)c1ccn(-c2ccccc2)c1N. The highest BCUT2D eigenvalue weighted by Crippen LogP contribution is 2.18. The molecule has 1 aromatic carbocycles. The molecule has 0 aliphatic heterocycles. The van der Waals surface area contributed by atoms with E-state index in [9.17, 15) is 4.79 Å². The molecule has 0 unspecified atom stereocenters. The maximum absolute atomic E-state index is 11.0. The molecule has 0 aliphatic rings. The molecular weight excluding hydrogens is 190 g/mol. The van der Waals surface area contributed by atoms with Gasteiger partial charge in [-0.15, -0.1) is 0 Å². The van der Waals surface area contributed by atoms with E-state index >= 15 is 0 Å². The van der Waals surface area contributed by atoms with E-state index in [0.717, 1.165) is 5.69 Å². The average molecular weight is 201 g/mol. The molecule has 0 radical (unpaired) electrons. The van der Waals surface area contributed by atoms with Crippen LogP contribution in [0.4, 0.5) is 5.82 Å². The number of nitrogens with two attached hydrogens (primary N) is 2. The summed E-state index contributed by atoms with van der Waals surface area (Å²) in [5.41, 5.74) is 12.2. The van der Waals surface area contributed by atoms with Crippen LogP contribution in [0.15, 0.2) is 42.6 Å². The van der Waals surface area contributed by atoms with Gasteiger partial charge in [0.2, 0.25) is 0 Å². The first kappa shape index (κ1) is 9.33. The Morgan fingerprint density at radius 2 is 1.80 bits per heavy atom. The molecule has 1 aromatic heterocycles. The average Bonchev–Trinajstić information content (AvgIpc) is 2.61. The fraction of sp³-hybridized carbons (Fsp3) is 0. The molecule has 4 nitrogen and oxygen atoms in total. The molecule has 0 saturated heterocycles. The number of nitrogen functional groups attached to an aromatic ring is 1. The van der Waals surface area contributed by atoms with E-state index in [2.05, 4.69) is 0 Å². The molecule has 2 aromatic rings. The Balaban J connectivity index is 2.52. The smallest absolute Gasteiger partial charge is 0.252 e. The van der Waals surface area contributed by atoms with Crippen LogP contribution in [0.25, 0.3) is 5.69 Å². The topological polar surface area (TPSA) is 74.0 Å². The van der Waals surface area contributed by atoms with Gasteiger partial charge in [0.25, 0.3) is 5.91 Å². The highest BCUT2D eigenvalue weighted by molar-refractivity contribution is 5.97. The summed E-state index contributed by atoms with van der Waals surface area (Å²) in [6.07, 6.45) is 1.73. The van der Waals surface area contributed by atoms with Crippen molar-refractivity contribution in [2.24, 2.45) is 5.73 Å². The van der Waals surface area contributed by atoms with Gasteiger partial charge in [-0.05, 0) is 18.2 Å². The predicted octanol–water partition coefficient (Wildman–Crippen LogP) is 1.16. The fourth-order valence-electron chi connectivity index (χ4n) is 1.47. The molecule has 15 heavy (non-hydrogen) atoms. The van der Waals surface area contributed by atoms with Crippen molar-refractivity contribution in [3.63, 3.8) is 0 Å². The third kappa shape index (κ3) is 1.57. The second-order valence-electron chi connectivity index (χ2n) is 3.18. The molecule has 0 aliphatic carbocycles. The van der Waals surface area contributed by atoms with E-state index in [1.807, 2.05) is 30.3 Å². The number of benzene rings is 1. The van der Waals surface area contributed by atoms with Crippen LogP contribution < -0.4 is 11.5 Å². The van der Waals surface area contributed by atoms with E-state index < -0.39 is 5.91 Å². The summed E-state index contributed by atoms with van der Waals surface area (Å²) in [6.45, 7) is 0. The number of carbonyl (C=O) groups is 1. The Kier molecular flexibility index (Phi) is 2.17. The van der Waals surface area contributed by atoms with Crippen molar-refractivity contribution in [3.8, 4) is 5.69 Å². The highest BCUT2D eigenvalue weighted by atomic mass is 16.1. The zero-order chi connectivity index (χ0) is 10.8. The maximum atomic E-state index is 11.0. The molecule has 4 heteroatoms. The van der Waals surface area contributed by atoms with E-state index in [-0.39, 0.29) is 0 Å². The number of aromatic nitrogens is 1. The lowest BCUT2D eigenvalue weighted by molar-refractivity contribution is 0.100. The van der Waals surface area contributed by atoms with Crippen molar-refractivity contribution in [1.29, 1.82) is 0 Å². The number of para-hydroxylation sites is 1. The molecular formula is C11H11N3O. The van der Waals surface area contributed by atoms with Gasteiger partial charge in [-0.1, -0.05) is 18.2 Å². The number of amides is 1. The van der Waals surface area contributed by atoms with Crippen molar-refractivity contribution in [2.45, 2.75) is 0 Å². The minimum atomic E-state index is -0.512. The van der Waals surface area contributed by atoms with Crippen LogP contribution in [0, 0.1) is 0 Å². The molecule has 0 bridgehead atoms. The first-order valence-corrected chi connectivity index (χ1v) is 4.52. The number of primary amides is 1. The van der Waals surface area contributed by atoms with Gasteiger partial charge in [0.05, 0.1) is 5.56 Å². The molecule has 0 fully saturated rings. The Hall–Kier alpha value is -2.23. The third-order valence-corrected chi connectivity index (χ3v) is 2.23. The second-order valence-corrected chi connectivity index (χ2v) is 3.18. The summed E-state index contributed by atoms with van der Waals surface area (Å²) in [5.74, 6) is -0.143. The summed E-state index contributed by atoms with van der Waals surface area (Å²) >= 11 is 0. The molecule has 76 valence electrons.